The molecule has 2 amide bonds. The second kappa shape index (κ2) is 7.99. The molecule has 27 heavy (non-hydrogen) atoms. The van der Waals surface area contributed by atoms with Crippen LogP contribution in [0.15, 0.2) is 48.5 Å². The fourth-order valence-electron chi connectivity index (χ4n) is 2.90. The van der Waals surface area contributed by atoms with Gasteiger partial charge in [-0.15, -0.1) is 0 Å². The quantitative estimate of drug-likeness (QED) is 0.821. The maximum Gasteiger partial charge on any atom is 0.311 e. The first-order valence-corrected chi connectivity index (χ1v) is 8.51. The number of halogens is 1. The summed E-state index contributed by atoms with van der Waals surface area (Å²) < 4.78 is 17.9. The van der Waals surface area contributed by atoms with Gasteiger partial charge in [0.25, 0.3) is 5.91 Å². The maximum atomic E-state index is 12.8. The van der Waals surface area contributed by atoms with Crippen LogP contribution in [0.4, 0.5) is 15.8 Å². The second-order valence-electron chi connectivity index (χ2n) is 6.41. The highest BCUT2D eigenvalue weighted by Gasteiger charge is 2.36. The standard InChI is InChI=1S/C20H19FN2O4/c1-13-3-2-4-17(9-13)23-11-14(10-19(23)25)20(26)27-12-18(24)22-16-7-5-15(21)6-8-16/h2-9,14H,10-12H2,1H3,(H,22,24)/t14-/m1/s1. The topological polar surface area (TPSA) is 75.7 Å². The Morgan fingerprint density at radius 1 is 1.22 bits per heavy atom. The zero-order chi connectivity index (χ0) is 19.4. The average Bonchev–Trinajstić information content (AvgIpc) is 3.03. The molecule has 0 saturated carbocycles. The number of nitrogens with one attached hydrogen (secondary N) is 1. The minimum atomic E-state index is -0.614. The number of hydrogen-bond donors (Lipinski definition) is 1. The van der Waals surface area contributed by atoms with E-state index in [2.05, 4.69) is 5.32 Å². The highest BCUT2D eigenvalue weighted by molar-refractivity contribution is 6.00. The van der Waals surface area contributed by atoms with E-state index < -0.39 is 30.2 Å². The van der Waals surface area contributed by atoms with Crippen molar-refractivity contribution >= 4 is 29.2 Å². The number of hydrogen-bond acceptors (Lipinski definition) is 4. The third-order valence-corrected chi connectivity index (χ3v) is 4.25. The molecule has 1 aliphatic rings. The molecule has 0 spiro atoms. The molecule has 1 heterocycles. The molecule has 6 nitrogen and oxygen atoms in total. The minimum Gasteiger partial charge on any atom is -0.455 e. The summed E-state index contributed by atoms with van der Waals surface area (Å²) in [5.41, 5.74) is 2.16. The molecule has 0 bridgehead atoms. The maximum absolute atomic E-state index is 12.8. The number of carbonyl (C=O) groups is 3. The number of aryl methyl sites for hydroxylation is 1. The molecule has 1 aliphatic heterocycles. The van der Waals surface area contributed by atoms with Gasteiger partial charge in [-0.05, 0) is 48.9 Å². The zero-order valence-corrected chi connectivity index (χ0v) is 14.8. The van der Waals surface area contributed by atoms with Crippen molar-refractivity contribution < 1.29 is 23.5 Å². The van der Waals surface area contributed by atoms with Crippen LogP contribution in [0.5, 0.6) is 0 Å². The van der Waals surface area contributed by atoms with E-state index in [9.17, 15) is 18.8 Å². The Morgan fingerprint density at radius 2 is 1.96 bits per heavy atom. The summed E-state index contributed by atoms with van der Waals surface area (Å²) in [6.07, 6.45) is 0.0480. The summed E-state index contributed by atoms with van der Waals surface area (Å²) in [4.78, 5) is 37.8. The van der Waals surface area contributed by atoms with Crippen molar-refractivity contribution in [3.8, 4) is 0 Å². The van der Waals surface area contributed by atoms with E-state index >= 15 is 0 Å². The average molecular weight is 370 g/mol. The van der Waals surface area contributed by atoms with Crippen molar-refractivity contribution in [2.45, 2.75) is 13.3 Å². The highest BCUT2D eigenvalue weighted by atomic mass is 19.1. The van der Waals surface area contributed by atoms with Crippen molar-refractivity contribution in [1.82, 2.24) is 0 Å². The number of amides is 2. The molecule has 0 unspecified atom stereocenters. The van der Waals surface area contributed by atoms with E-state index in [1.54, 1.807) is 4.90 Å². The molecule has 0 radical (unpaired) electrons. The molecule has 1 N–H and O–H groups in total. The zero-order valence-electron chi connectivity index (χ0n) is 14.8. The van der Waals surface area contributed by atoms with Gasteiger partial charge in [0.05, 0.1) is 5.92 Å². The van der Waals surface area contributed by atoms with Gasteiger partial charge in [0, 0.05) is 24.3 Å². The van der Waals surface area contributed by atoms with Crippen LogP contribution < -0.4 is 10.2 Å². The Hall–Kier alpha value is -3.22. The smallest absolute Gasteiger partial charge is 0.311 e. The van der Waals surface area contributed by atoms with Crippen molar-refractivity contribution in [3.05, 3.63) is 59.9 Å². The Kier molecular flexibility index (Phi) is 5.49. The summed E-state index contributed by atoms with van der Waals surface area (Å²) in [6.45, 7) is 1.68. The molecular formula is C20H19FN2O4. The SMILES string of the molecule is Cc1cccc(N2C[C@H](C(=O)OCC(=O)Nc3ccc(F)cc3)CC2=O)c1. The number of esters is 1. The first-order chi connectivity index (χ1) is 12.9. The molecule has 140 valence electrons. The number of rotatable bonds is 5. The predicted octanol–water partition coefficient (Wildman–Crippen LogP) is 2.67. The number of nitrogens with zero attached hydrogens (tertiary/aromatic N) is 1. The van der Waals surface area contributed by atoms with E-state index in [1.807, 2.05) is 31.2 Å². The molecule has 2 aromatic carbocycles. The molecule has 2 aromatic rings. The first-order valence-electron chi connectivity index (χ1n) is 8.51. The first kappa shape index (κ1) is 18.6. The Morgan fingerprint density at radius 3 is 2.67 bits per heavy atom. The molecule has 3 rings (SSSR count). The van der Waals surface area contributed by atoms with Crippen LogP contribution in [-0.4, -0.2) is 30.9 Å². The number of anilines is 2. The Bertz CT molecular complexity index is 867. The lowest BCUT2D eigenvalue weighted by atomic mass is 10.1. The van der Waals surface area contributed by atoms with E-state index in [0.29, 0.717) is 5.69 Å². The van der Waals surface area contributed by atoms with Gasteiger partial charge in [-0.2, -0.15) is 0 Å². The molecule has 1 atom stereocenters. The largest absolute Gasteiger partial charge is 0.455 e. The van der Waals surface area contributed by atoms with Crippen molar-refractivity contribution in [1.29, 1.82) is 0 Å². The van der Waals surface area contributed by atoms with E-state index in [0.717, 1.165) is 11.3 Å². The van der Waals surface area contributed by atoms with Gasteiger partial charge in [-0.3, -0.25) is 14.4 Å². The molecular weight excluding hydrogens is 351 g/mol. The lowest BCUT2D eigenvalue weighted by Crippen LogP contribution is -2.28. The van der Waals surface area contributed by atoms with Crippen LogP contribution in [0.1, 0.15) is 12.0 Å². The van der Waals surface area contributed by atoms with Crippen molar-refractivity contribution in [3.63, 3.8) is 0 Å². The van der Waals surface area contributed by atoms with E-state index in [4.69, 9.17) is 4.74 Å². The summed E-state index contributed by atoms with van der Waals surface area (Å²) in [7, 11) is 0. The summed E-state index contributed by atoms with van der Waals surface area (Å²) in [5.74, 6) is -2.30. The van der Waals surface area contributed by atoms with Crippen LogP contribution in [0, 0.1) is 18.7 Å². The second-order valence-corrected chi connectivity index (χ2v) is 6.41. The summed E-state index contributed by atoms with van der Waals surface area (Å²) in [5, 5.41) is 2.50. The monoisotopic (exact) mass is 370 g/mol. The van der Waals surface area contributed by atoms with Crippen molar-refractivity contribution in [2.24, 2.45) is 5.92 Å². The number of benzene rings is 2. The van der Waals surface area contributed by atoms with Crippen molar-refractivity contribution in [2.75, 3.05) is 23.4 Å². The van der Waals surface area contributed by atoms with Gasteiger partial charge in [0.15, 0.2) is 6.61 Å². The molecule has 0 aliphatic carbocycles. The third-order valence-electron chi connectivity index (χ3n) is 4.25. The minimum absolute atomic E-state index is 0.0480. The van der Waals surface area contributed by atoms with E-state index in [-0.39, 0.29) is 18.9 Å². The lowest BCUT2D eigenvalue weighted by molar-refractivity contribution is -0.151. The number of ether oxygens (including phenoxy) is 1. The third kappa shape index (κ3) is 4.69. The van der Waals surface area contributed by atoms with Crippen LogP contribution >= 0.6 is 0 Å². The number of carbonyl (C=O) groups excluding carboxylic acids is 3. The van der Waals surface area contributed by atoms with Crippen LogP contribution in [0.25, 0.3) is 0 Å². The van der Waals surface area contributed by atoms with Crippen LogP contribution in [-0.2, 0) is 19.1 Å². The van der Waals surface area contributed by atoms with E-state index in [1.165, 1.54) is 24.3 Å². The normalized spacial score (nSPS) is 16.3. The summed E-state index contributed by atoms with van der Waals surface area (Å²) in [6, 6.07) is 12.7. The van der Waals surface area contributed by atoms with Gasteiger partial charge < -0.3 is 15.0 Å². The van der Waals surface area contributed by atoms with Crippen LogP contribution in [0.2, 0.25) is 0 Å². The lowest BCUT2D eigenvalue weighted by Gasteiger charge is -2.17. The fraction of sp³-hybridized carbons (Fsp3) is 0.250. The van der Waals surface area contributed by atoms with Gasteiger partial charge in [-0.25, -0.2) is 4.39 Å². The van der Waals surface area contributed by atoms with Gasteiger partial charge >= 0.3 is 5.97 Å². The van der Waals surface area contributed by atoms with Gasteiger partial charge in [-0.1, -0.05) is 12.1 Å². The van der Waals surface area contributed by atoms with Crippen LogP contribution in [0.3, 0.4) is 0 Å². The summed E-state index contributed by atoms with van der Waals surface area (Å²) >= 11 is 0. The Balaban J connectivity index is 1.52. The Labute approximate surface area is 155 Å². The predicted molar refractivity (Wildman–Crippen MR) is 97.6 cm³/mol. The molecule has 0 aromatic heterocycles. The molecule has 1 saturated heterocycles. The highest BCUT2D eigenvalue weighted by Crippen LogP contribution is 2.26. The van der Waals surface area contributed by atoms with Gasteiger partial charge in [0.2, 0.25) is 5.91 Å². The fourth-order valence-corrected chi connectivity index (χ4v) is 2.90. The molecule has 7 heteroatoms. The molecule has 1 fully saturated rings. The van der Waals surface area contributed by atoms with Gasteiger partial charge in [0.1, 0.15) is 5.82 Å².